The SMILES string of the molecule is O=S(=O)(c1ccccc1NCCCc1ccn[nH]1)C(F)(F)F. The Morgan fingerprint density at radius 3 is 2.55 bits per heavy atom. The van der Waals surface area contributed by atoms with Gasteiger partial charge in [-0.2, -0.15) is 18.3 Å². The number of nitrogens with zero attached hydrogens (tertiary/aromatic N) is 1. The van der Waals surface area contributed by atoms with Gasteiger partial charge in [0.25, 0.3) is 9.84 Å². The molecule has 0 aliphatic heterocycles. The van der Waals surface area contributed by atoms with Crippen LogP contribution in [0.1, 0.15) is 12.1 Å². The Hall–Kier alpha value is -2.03. The molecule has 1 aromatic heterocycles. The van der Waals surface area contributed by atoms with Gasteiger partial charge in [0.15, 0.2) is 0 Å². The number of sulfone groups is 1. The molecule has 0 radical (unpaired) electrons. The first-order chi connectivity index (χ1) is 10.3. The Labute approximate surface area is 125 Å². The lowest BCUT2D eigenvalue weighted by Crippen LogP contribution is -2.24. The molecule has 22 heavy (non-hydrogen) atoms. The third-order valence-electron chi connectivity index (χ3n) is 2.98. The molecule has 9 heteroatoms. The van der Waals surface area contributed by atoms with Crippen molar-refractivity contribution in [2.24, 2.45) is 0 Å². The lowest BCUT2D eigenvalue weighted by Gasteiger charge is -2.14. The molecule has 5 nitrogen and oxygen atoms in total. The lowest BCUT2D eigenvalue weighted by atomic mass is 10.2. The summed E-state index contributed by atoms with van der Waals surface area (Å²) in [5, 5.41) is 9.29. The normalized spacial score (nSPS) is 12.3. The molecule has 0 saturated carbocycles. The number of benzene rings is 1. The Bertz CT molecular complexity index is 712. The van der Waals surface area contributed by atoms with E-state index >= 15 is 0 Å². The molecule has 2 N–H and O–H groups in total. The van der Waals surface area contributed by atoms with Crippen molar-refractivity contribution in [3.63, 3.8) is 0 Å². The van der Waals surface area contributed by atoms with Crippen LogP contribution >= 0.6 is 0 Å². The number of aryl methyl sites for hydroxylation is 1. The minimum absolute atomic E-state index is 0.0514. The van der Waals surface area contributed by atoms with Gasteiger partial charge in [-0.3, -0.25) is 5.10 Å². The van der Waals surface area contributed by atoms with E-state index < -0.39 is 20.2 Å². The molecule has 2 aromatic rings. The molecule has 0 atom stereocenters. The van der Waals surface area contributed by atoms with Gasteiger partial charge < -0.3 is 5.32 Å². The number of hydrogen-bond acceptors (Lipinski definition) is 4. The fraction of sp³-hybridized carbons (Fsp3) is 0.308. The second kappa shape index (κ2) is 6.39. The van der Waals surface area contributed by atoms with Gasteiger partial charge in [0.2, 0.25) is 0 Å². The van der Waals surface area contributed by atoms with Crippen LogP contribution in [0.3, 0.4) is 0 Å². The van der Waals surface area contributed by atoms with Crippen LogP contribution < -0.4 is 5.32 Å². The molecule has 120 valence electrons. The maximum Gasteiger partial charge on any atom is 0.501 e. The molecule has 0 aliphatic carbocycles. The Morgan fingerprint density at radius 1 is 1.18 bits per heavy atom. The zero-order valence-electron chi connectivity index (χ0n) is 11.4. The molecular weight excluding hydrogens is 319 g/mol. The van der Waals surface area contributed by atoms with Gasteiger partial charge in [-0.1, -0.05) is 12.1 Å². The smallest absolute Gasteiger partial charge is 0.384 e. The predicted octanol–water partition coefficient (Wildman–Crippen LogP) is 2.75. The number of aromatic amines is 1. The van der Waals surface area contributed by atoms with Crippen LogP contribution in [0.15, 0.2) is 41.4 Å². The van der Waals surface area contributed by atoms with Crippen LogP contribution in [-0.2, 0) is 16.3 Å². The van der Waals surface area contributed by atoms with Gasteiger partial charge >= 0.3 is 5.51 Å². The van der Waals surface area contributed by atoms with E-state index in [0.29, 0.717) is 19.4 Å². The highest BCUT2D eigenvalue weighted by atomic mass is 32.2. The third kappa shape index (κ3) is 3.59. The quantitative estimate of drug-likeness (QED) is 0.797. The van der Waals surface area contributed by atoms with E-state index in [1.807, 2.05) is 0 Å². The minimum Gasteiger partial charge on any atom is -0.384 e. The van der Waals surface area contributed by atoms with E-state index in [1.54, 1.807) is 12.3 Å². The monoisotopic (exact) mass is 333 g/mol. The summed E-state index contributed by atoms with van der Waals surface area (Å²) in [4.78, 5) is -0.760. The number of aromatic nitrogens is 2. The first kappa shape index (κ1) is 16.3. The molecule has 0 amide bonds. The predicted molar refractivity (Wildman–Crippen MR) is 75.1 cm³/mol. The molecular formula is C13H14F3N3O2S. The van der Waals surface area contributed by atoms with Gasteiger partial charge in [-0.15, -0.1) is 0 Å². The number of halogens is 3. The summed E-state index contributed by atoms with van der Waals surface area (Å²) >= 11 is 0. The Kier molecular flexibility index (Phi) is 4.74. The first-order valence-electron chi connectivity index (χ1n) is 6.45. The zero-order valence-corrected chi connectivity index (χ0v) is 12.2. The topological polar surface area (TPSA) is 74.8 Å². The number of hydrogen-bond donors (Lipinski definition) is 2. The number of anilines is 1. The van der Waals surface area contributed by atoms with Gasteiger partial charge in [0.1, 0.15) is 0 Å². The van der Waals surface area contributed by atoms with Crippen LogP contribution in [0.25, 0.3) is 0 Å². The number of rotatable bonds is 6. The summed E-state index contributed by atoms with van der Waals surface area (Å²) in [6.45, 7) is 0.337. The summed E-state index contributed by atoms with van der Waals surface area (Å²) in [5.41, 5.74) is -4.47. The summed E-state index contributed by atoms with van der Waals surface area (Å²) in [7, 11) is -5.37. The van der Waals surface area contributed by atoms with Crippen molar-refractivity contribution in [3.05, 3.63) is 42.2 Å². The van der Waals surface area contributed by atoms with Crippen LogP contribution in [-0.4, -0.2) is 30.7 Å². The Balaban J connectivity index is 2.06. The van der Waals surface area contributed by atoms with Crippen molar-refractivity contribution in [3.8, 4) is 0 Å². The van der Waals surface area contributed by atoms with Crippen LogP contribution in [0.2, 0.25) is 0 Å². The van der Waals surface area contributed by atoms with E-state index in [1.165, 1.54) is 18.2 Å². The highest BCUT2D eigenvalue weighted by Gasteiger charge is 2.47. The molecule has 0 aliphatic rings. The van der Waals surface area contributed by atoms with Crippen LogP contribution in [0.5, 0.6) is 0 Å². The Morgan fingerprint density at radius 2 is 1.91 bits per heavy atom. The maximum atomic E-state index is 12.6. The van der Waals surface area contributed by atoms with Crippen LogP contribution in [0.4, 0.5) is 18.9 Å². The maximum absolute atomic E-state index is 12.6. The second-order valence-electron chi connectivity index (χ2n) is 4.56. The third-order valence-corrected chi connectivity index (χ3v) is 4.52. The first-order valence-corrected chi connectivity index (χ1v) is 7.93. The van der Waals surface area contributed by atoms with Crippen molar-refractivity contribution in [1.29, 1.82) is 0 Å². The highest BCUT2D eigenvalue weighted by molar-refractivity contribution is 7.92. The number of para-hydroxylation sites is 1. The van der Waals surface area contributed by atoms with E-state index in [2.05, 4.69) is 15.5 Å². The van der Waals surface area contributed by atoms with Gasteiger partial charge in [-0.05, 0) is 31.0 Å². The summed E-state index contributed by atoms with van der Waals surface area (Å²) in [5.74, 6) is 0. The van der Waals surface area contributed by atoms with Crippen molar-refractivity contribution in [1.82, 2.24) is 10.2 Å². The van der Waals surface area contributed by atoms with E-state index in [0.717, 1.165) is 11.8 Å². The van der Waals surface area contributed by atoms with Crippen molar-refractivity contribution in [2.75, 3.05) is 11.9 Å². The fourth-order valence-electron chi connectivity index (χ4n) is 1.90. The molecule has 0 unspecified atom stereocenters. The summed E-state index contributed by atoms with van der Waals surface area (Å²) in [6, 6.07) is 6.79. The number of alkyl halides is 3. The second-order valence-corrected chi connectivity index (χ2v) is 6.47. The average Bonchev–Trinajstić information content (AvgIpc) is 2.96. The molecule has 0 spiro atoms. The average molecular weight is 333 g/mol. The van der Waals surface area contributed by atoms with E-state index in [9.17, 15) is 21.6 Å². The zero-order chi connectivity index (χ0) is 16.2. The minimum atomic E-state index is -5.37. The van der Waals surface area contributed by atoms with Crippen LogP contribution in [0, 0.1) is 0 Å². The van der Waals surface area contributed by atoms with E-state index in [-0.39, 0.29) is 5.69 Å². The number of H-pyrrole nitrogens is 1. The van der Waals surface area contributed by atoms with Crippen molar-refractivity contribution >= 4 is 15.5 Å². The van der Waals surface area contributed by atoms with Gasteiger partial charge in [0, 0.05) is 18.4 Å². The summed E-state index contributed by atoms with van der Waals surface area (Å²) in [6.07, 6.45) is 2.87. The highest BCUT2D eigenvalue weighted by Crippen LogP contribution is 2.34. The standard InChI is InChI=1S/C13H14F3N3O2S/c14-13(15,16)22(20,21)12-6-2-1-5-11(12)17-8-3-4-10-7-9-18-19-10/h1-2,5-7,9,17H,3-4,8H2,(H,18,19). The largest absolute Gasteiger partial charge is 0.501 e. The summed E-state index contributed by atoms with van der Waals surface area (Å²) < 4.78 is 61.0. The number of nitrogens with one attached hydrogen (secondary N) is 2. The molecule has 2 rings (SSSR count). The van der Waals surface area contributed by atoms with Crippen molar-refractivity contribution < 1.29 is 21.6 Å². The fourth-order valence-corrected chi connectivity index (χ4v) is 2.83. The van der Waals surface area contributed by atoms with Gasteiger partial charge in [0.05, 0.1) is 10.6 Å². The molecule has 1 aromatic carbocycles. The lowest BCUT2D eigenvalue weighted by molar-refractivity contribution is -0.0435. The van der Waals surface area contributed by atoms with Gasteiger partial charge in [-0.25, -0.2) is 8.42 Å². The molecule has 0 saturated heterocycles. The molecule has 0 fully saturated rings. The van der Waals surface area contributed by atoms with Crippen molar-refractivity contribution in [2.45, 2.75) is 23.2 Å². The van der Waals surface area contributed by atoms with E-state index in [4.69, 9.17) is 0 Å². The molecule has 0 bridgehead atoms. The molecule has 1 heterocycles.